The van der Waals surface area contributed by atoms with Crippen LogP contribution in [0.3, 0.4) is 0 Å². The van der Waals surface area contributed by atoms with E-state index < -0.39 is 10.8 Å². The van der Waals surface area contributed by atoms with Crippen molar-refractivity contribution in [1.29, 1.82) is 0 Å². The van der Waals surface area contributed by atoms with Crippen LogP contribution in [0.15, 0.2) is 12.2 Å². The van der Waals surface area contributed by atoms with Gasteiger partial charge < -0.3 is 9.47 Å². The quantitative estimate of drug-likeness (QED) is 0.385. The van der Waals surface area contributed by atoms with Gasteiger partial charge in [0.2, 0.25) is 0 Å². The Hall–Kier alpha value is -1.32. The number of allylic oxidation sites excluding steroid dienone is 1. The first-order valence-corrected chi connectivity index (χ1v) is 11.5. The third kappa shape index (κ3) is 4.72. The number of hydrogen-bond acceptors (Lipinski definition) is 4. The van der Waals surface area contributed by atoms with Gasteiger partial charge in [-0.15, -0.1) is 0 Å². The number of hydrogen-bond donors (Lipinski definition) is 0. The normalized spacial score (nSPS) is 34.1. The molecule has 4 saturated carbocycles. The van der Waals surface area contributed by atoms with Crippen molar-refractivity contribution in [3.8, 4) is 0 Å². The van der Waals surface area contributed by atoms with Crippen LogP contribution in [0.2, 0.25) is 0 Å². The van der Waals surface area contributed by atoms with E-state index in [4.69, 9.17) is 9.47 Å². The molecule has 0 spiro atoms. The molecule has 4 fully saturated rings. The standard InChI is InChI=1S/C25H40O4/c1-7-24(5,16-23(3,4)21(26)28-6)22(27)29-17(2)8-9-25-13-18-10-19(14-25)12-20(11-18)15-25/h8-9,17-20H,7,10-16H2,1-6H3/b9-8+. The van der Waals surface area contributed by atoms with Gasteiger partial charge in [-0.2, -0.15) is 0 Å². The van der Waals surface area contributed by atoms with E-state index >= 15 is 0 Å². The van der Waals surface area contributed by atoms with E-state index in [1.807, 2.05) is 34.6 Å². The number of carbonyl (C=O) groups is 2. The van der Waals surface area contributed by atoms with Crippen molar-refractivity contribution in [2.45, 2.75) is 92.1 Å². The van der Waals surface area contributed by atoms with Gasteiger partial charge in [-0.25, -0.2) is 0 Å². The lowest BCUT2D eigenvalue weighted by Gasteiger charge is -2.56. The number of ether oxygens (including phenoxy) is 2. The van der Waals surface area contributed by atoms with Crippen LogP contribution in [0.5, 0.6) is 0 Å². The van der Waals surface area contributed by atoms with Crippen LogP contribution in [0, 0.1) is 34.0 Å². The third-order valence-corrected chi connectivity index (χ3v) is 7.94. The minimum absolute atomic E-state index is 0.223. The van der Waals surface area contributed by atoms with Gasteiger partial charge in [0.15, 0.2) is 0 Å². The monoisotopic (exact) mass is 404 g/mol. The topological polar surface area (TPSA) is 52.6 Å². The summed E-state index contributed by atoms with van der Waals surface area (Å²) in [6, 6.07) is 0. The summed E-state index contributed by atoms with van der Waals surface area (Å²) in [6.07, 6.45) is 13.5. The maximum atomic E-state index is 13.0. The Kier molecular flexibility index (Phi) is 6.23. The highest BCUT2D eigenvalue weighted by molar-refractivity contribution is 5.80. The van der Waals surface area contributed by atoms with E-state index in [1.165, 1.54) is 45.6 Å². The Balaban J connectivity index is 1.62. The van der Waals surface area contributed by atoms with Gasteiger partial charge in [0.05, 0.1) is 17.9 Å². The van der Waals surface area contributed by atoms with E-state index in [9.17, 15) is 9.59 Å². The van der Waals surface area contributed by atoms with Gasteiger partial charge in [0, 0.05) is 0 Å². The fraction of sp³-hybridized carbons (Fsp3) is 0.840. The second-order valence-corrected chi connectivity index (χ2v) is 11.2. The predicted molar refractivity (Wildman–Crippen MR) is 114 cm³/mol. The van der Waals surface area contributed by atoms with Crippen molar-refractivity contribution in [1.82, 2.24) is 0 Å². The zero-order chi connectivity index (χ0) is 21.4. The van der Waals surface area contributed by atoms with Gasteiger partial charge in [0.25, 0.3) is 0 Å². The molecular formula is C25H40O4. The summed E-state index contributed by atoms with van der Waals surface area (Å²) < 4.78 is 10.8. The Morgan fingerprint density at radius 1 is 1.03 bits per heavy atom. The highest BCUT2D eigenvalue weighted by atomic mass is 16.5. The maximum Gasteiger partial charge on any atom is 0.312 e. The molecule has 0 aromatic heterocycles. The van der Waals surface area contributed by atoms with Crippen molar-refractivity contribution < 1.29 is 19.1 Å². The first-order valence-electron chi connectivity index (χ1n) is 11.5. The molecule has 0 aliphatic heterocycles. The first-order chi connectivity index (χ1) is 13.5. The summed E-state index contributed by atoms with van der Waals surface area (Å²) in [7, 11) is 1.39. The van der Waals surface area contributed by atoms with Crippen molar-refractivity contribution >= 4 is 11.9 Å². The number of carbonyl (C=O) groups excluding carboxylic acids is 2. The third-order valence-electron chi connectivity index (χ3n) is 7.94. The Morgan fingerprint density at radius 3 is 2.00 bits per heavy atom. The molecule has 4 heteroatoms. The summed E-state index contributed by atoms with van der Waals surface area (Å²) in [5.41, 5.74) is -1.09. The summed E-state index contributed by atoms with van der Waals surface area (Å²) in [5.74, 6) is 2.22. The van der Waals surface area contributed by atoms with Gasteiger partial charge in [-0.1, -0.05) is 13.0 Å². The lowest BCUT2D eigenvalue weighted by atomic mass is 9.49. The fourth-order valence-corrected chi connectivity index (χ4v) is 6.74. The van der Waals surface area contributed by atoms with Gasteiger partial charge in [0.1, 0.15) is 6.10 Å². The largest absolute Gasteiger partial charge is 0.469 e. The molecular weight excluding hydrogens is 364 g/mol. The average Bonchev–Trinajstić information content (AvgIpc) is 2.64. The van der Waals surface area contributed by atoms with Crippen LogP contribution in [0.1, 0.15) is 86.0 Å². The highest BCUT2D eigenvalue weighted by Crippen LogP contribution is 2.60. The summed E-state index contributed by atoms with van der Waals surface area (Å²) in [4.78, 5) is 25.1. The number of esters is 2. The van der Waals surface area contributed by atoms with Crippen molar-refractivity contribution in [3.05, 3.63) is 12.2 Å². The second kappa shape index (κ2) is 8.07. The van der Waals surface area contributed by atoms with E-state index in [0.717, 1.165) is 17.8 Å². The molecule has 4 bridgehead atoms. The van der Waals surface area contributed by atoms with Crippen molar-refractivity contribution in [2.75, 3.05) is 7.11 Å². The lowest BCUT2D eigenvalue weighted by Crippen LogP contribution is -2.45. The molecule has 29 heavy (non-hydrogen) atoms. The molecule has 0 amide bonds. The fourth-order valence-electron chi connectivity index (χ4n) is 6.74. The van der Waals surface area contributed by atoms with E-state index in [-0.39, 0.29) is 18.0 Å². The predicted octanol–water partition coefficient (Wildman–Crippen LogP) is 5.70. The van der Waals surface area contributed by atoms with E-state index in [2.05, 4.69) is 12.2 Å². The molecule has 0 aromatic rings. The first kappa shape index (κ1) is 22.4. The lowest BCUT2D eigenvalue weighted by molar-refractivity contribution is -0.163. The van der Waals surface area contributed by atoms with Gasteiger partial charge in [-0.3, -0.25) is 9.59 Å². The van der Waals surface area contributed by atoms with E-state index in [0.29, 0.717) is 18.3 Å². The number of rotatable bonds is 8. The Labute approximate surface area is 176 Å². The smallest absolute Gasteiger partial charge is 0.312 e. The second-order valence-electron chi connectivity index (χ2n) is 11.2. The van der Waals surface area contributed by atoms with Crippen molar-refractivity contribution in [3.63, 3.8) is 0 Å². The van der Waals surface area contributed by atoms with Crippen LogP contribution < -0.4 is 0 Å². The molecule has 164 valence electrons. The minimum Gasteiger partial charge on any atom is -0.469 e. The van der Waals surface area contributed by atoms with E-state index in [1.54, 1.807) is 0 Å². The Morgan fingerprint density at radius 2 is 1.55 bits per heavy atom. The zero-order valence-electron chi connectivity index (χ0n) is 19.3. The molecule has 4 aliphatic rings. The molecule has 2 atom stereocenters. The maximum absolute atomic E-state index is 13.0. The average molecular weight is 405 g/mol. The molecule has 0 radical (unpaired) electrons. The minimum atomic E-state index is -0.725. The molecule has 0 N–H and O–H groups in total. The summed E-state index contributed by atoms with van der Waals surface area (Å²) >= 11 is 0. The summed E-state index contributed by atoms with van der Waals surface area (Å²) in [6.45, 7) is 9.49. The SMILES string of the molecule is CCC(C)(CC(C)(C)C(=O)OC)C(=O)OC(C)/C=C/C12CC3CC(CC(C3)C1)C2. The zero-order valence-corrected chi connectivity index (χ0v) is 19.3. The molecule has 4 rings (SSSR count). The molecule has 2 unspecified atom stereocenters. The van der Waals surface area contributed by atoms with Crippen LogP contribution in [0.4, 0.5) is 0 Å². The summed E-state index contributed by atoms with van der Waals surface area (Å²) in [5, 5.41) is 0. The molecule has 0 saturated heterocycles. The molecule has 0 aromatic carbocycles. The Bertz CT molecular complexity index is 626. The van der Waals surface area contributed by atoms with Crippen LogP contribution in [0.25, 0.3) is 0 Å². The van der Waals surface area contributed by atoms with Crippen LogP contribution in [-0.4, -0.2) is 25.2 Å². The highest BCUT2D eigenvalue weighted by Gasteiger charge is 2.49. The number of methoxy groups -OCH3 is 1. The molecule has 4 nitrogen and oxygen atoms in total. The van der Waals surface area contributed by atoms with Gasteiger partial charge >= 0.3 is 11.9 Å². The van der Waals surface area contributed by atoms with Gasteiger partial charge in [-0.05, 0) is 108 Å². The van der Waals surface area contributed by atoms with Crippen LogP contribution in [-0.2, 0) is 19.1 Å². The van der Waals surface area contributed by atoms with Crippen molar-refractivity contribution in [2.24, 2.45) is 34.0 Å². The van der Waals surface area contributed by atoms with Crippen LogP contribution >= 0.6 is 0 Å². The molecule has 0 heterocycles. The molecule has 4 aliphatic carbocycles.